The first-order chi connectivity index (χ1) is 24.3. The maximum Gasteiger partial charge on any atom is 0.253 e. The minimum Gasteiger partial charge on any atom is -0.341 e. The van der Waals surface area contributed by atoms with Crippen LogP contribution in [0, 0.1) is 6.92 Å². The third-order valence-electron chi connectivity index (χ3n) is 12.2. The number of rotatable bonds is 8. The van der Waals surface area contributed by atoms with E-state index in [9.17, 15) is 14.4 Å². The van der Waals surface area contributed by atoms with Gasteiger partial charge in [0.15, 0.2) is 0 Å². The molecule has 3 aliphatic heterocycles. The Kier molecular flexibility index (Phi) is 10.0. The predicted molar refractivity (Wildman–Crippen MR) is 196 cm³/mol. The molecule has 266 valence electrons. The molecule has 2 aromatic carbocycles. The minimum absolute atomic E-state index is 0.00125. The number of carbonyl (C=O) groups is 3. The van der Waals surface area contributed by atoms with Crippen LogP contribution in [0.5, 0.6) is 0 Å². The van der Waals surface area contributed by atoms with E-state index in [0.29, 0.717) is 63.1 Å². The first kappa shape index (κ1) is 34.3. The number of benzene rings is 2. The number of piperidine rings is 2. The van der Waals surface area contributed by atoms with Crippen molar-refractivity contribution in [1.29, 1.82) is 0 Å². The molecule has 50 heavy (non-hydrogen) atoms. The quantitative estimate of drug-likeness (QED) is 0.272. The van der Waals surface area contributed by atoms with E-state index < -0.39 is 5.54 Å². The van der Waals surface area contributed by atoms with Crippen LogP contribution in [-0.4, -0.2) is 87.1 Å². The van der Waals surface area contributed by atoms with Crippen LogP contribution in [-0.2, 0) is 22.6 Å². The van der Waals surface area contributed by atoms with Crippen molar-refractivity contribution < 1.29 is 14.4 Å². The third kappa shape index (κ3) is 6.44. The standard InChI is InChI=1S/C41H54N6O3/c1-4-36-30(3)38(42-47(36)5-2)33-20-24-43(25-21-33)37(48)28-45-29-46(35-14-10-7-11-15-35)41(40(45)50)22-26-44(27-23-41)39(49)34-18-16-32(17-19-34)31-12-8-6-9-13-31/h7,10-11,14-19,31,33H,4-6,8-9,12-13,20-29H2,1-3H3. The molecule has 4 aliphatic rings. The number of hydrogen-bond acceptors (Lipinski definition) is 5. The molecule has 0 bridgehead atoms. The van der Waals surface area contributed by atoms with E-state index in [0.717, 1.165) is 31.5 Å². The fourth-order valence-corrected chi connectivity index (χ4v) is 9.29. The molecule has 1 saturated carbocycles. The number of likely N-dealkylation sites (tertiary alicyclic amines) is 2. The molecule has 9 heteroatoms. The molecule has 7 rings (SSSR count). The highest BCUT2D eigenvalue weighted by atomic mass is 16.2. The molecule has 0 radical (unpaired) electrons. The number of amides is 3. The lowest BCUT2D eigenvalue weighted by molar-refractivity contribution is -0.141. The molecule has 3 saturated heterocycles. The zero-order chi connectivity index (χ0) is 34.8. The number of nitrogens with zero attached hydrogens (tertiary/aromatic N) is 6. The highest BCUT2D eigenvalue weighted by Crippen LogP contribution is 2.40. The number of hydrogen-bond donors (Lipinski definition) is 0. The highest BCUT2D eigenvalue weighted by Gasteiger charge is 2.54. The second-order valence-electron chi connectivity index (χ2n) is 15.0. The number of aryl methyl sites for hydroxylation is 1. The lowest BCUT2D eigenvalue weighted by atomic mass is 9.83. The fourth-order valence-electron chi connectivity index (χ4n) is 9.29. The van der Waals surface area contributed by atoms with Crippen LogP contribution in [0.2, 0.25) is 0 Å². The summed E-state index contributed by atoms with van der Waals surface area (Å²) in [4.78, 5) is 49.6. The summed E-state index contributed by atoms with van der Waals surface area (Å²) in [6.45, 7) is 10.2. The fraction of sp³-hybridized carbons (Fsp3) is 0.561. The molecule has 3 aromatic rings. The minimum atomic E-state index is -0.775. The predicted octanol–water partition coefficient (Wildman–Crippen LogP) is 6.51. The van der Waals surface area contributed by atoms with Gasteiger partial charge in [0.05, 0.1) is 12.4 Å². The summed E-state index contributed by atoms with van der Waals surface area (Å²) in [5.41, 5.74) is 6.06. The number of para-hydroxylation sites is 1. The van der Waals surface area contributed by atoms with Gasteiger partial charge in [0, 0.05) is 55.6 Å². The summed E-state index contributed by atoms with van der Waals surface area (Å²) in [6, 6.07) is 18.3. The van der Waals surface area contributed by atoms with Gasteiger partial charge in [-0.25, -0.2) is 0 Å². The van der Waals surface area contributed by atoms with Gasteiger partial charge in [-0.1, -0.05) is 56.5 Å². The molecule has 1 aliphatic carbocycles. The van der Waals surface area contributed by atoms with E-state index in [4.69, 9.17) is 5.10 Å². The number of anilines is 1. The molecule has 0 atom stereocenters. The van der Waals surface area contributed by atoms with Crippen molar-refractivity contribution in [3.8, 4) is 0 Å². The van der Waals surface area contributed by atoms with Crippen LogP contribution in [0.3, 0.4) is 0 Å². The van der Waals surface area contributed by atoms with E-state index >= 15 is 0 Å². The van der Waals surface area contributed by atoms with Crippen LogP contribution in [0.25, 0.3) is 0 Å². The van der Waals surface area contributed by atoms with E-state index in [2.05, 4.69) is 42.5 Å². The number of carbonyl (C=O) groups excluding carboxylic acids is 3. The van der Waals surface area contributed by atoms with E-state index in [1.807, 2.05) is 52.3 Å². The van der Waals surface area contributed by atoms with Crippen LogP contribution >= 0.6 is 0 Å². The Bertz CT molecular complexity index is 1660. The highest BCUT2D eigenvalue weighted by molar-refractivity contribution is 5.97. The maximum atomic E-state index is 14.4. The molecule has 0 unspecified atom stereocenters. The Morgan fingerprint density at radius 1 is 0.820 bits per heavy atom. The van der Waals surface area contributed by atoms with Crippen molar-refractivity contribution in [3.63, 3.8) is 0 Å². The first-order valence-corrected chi connectivity index (χ1v) is 19.2. The first-order valence-electron chi connectivity index (χ1n) is 19.2. The van der Waals surface area contributed by atoms with Gasteiger partial charge in [-0.2, -0.15) is 5.10 Å². The van der Waals surface area contributed by atoms with Crippen LogP contribution in [0.15, 0.2) is 54.6 Å². The van der Waals surface area contributed by atoms with Gasteiger partial charge in [0.2, 0.25) is 5.91 Å². The van der Waals surface area contributed by atoms with Crippen molar-refractivity contribution in [3.05, 3.63) is 82.7 Å². The average Bonchev–Trinajstić information content (AvgIpc) is 3.64. The Hall–Kier alpha value is -4.14. The second-order valence-corrected chi connectivity index (χ2v) is 15.0. The SMILES string of the molecule is CCc1c(C)c(C2CCN(C(=O)CN3CN(c4ccccc4)C4(CCN(C(=O)c5ccc(C6CCCCC6)cc5)CC4)C3=O)CC2)nn1CC. The topological polar surface area (TPSA) is 82.0 Å². The molecule has 3 amide bonds. The van der Waals surface area contributed by atoms with Gasteiger partial charge in [-0.3, -0.25) is 19.1 Å². The summed E-state index contributed by atoms with van der Waals surface area (Å²) < 4.78 is 2.13. The van der Waals surface area contributed by atoms with Crippen molar-refractivity contribution in [2.75, 3.05) is 44.3 Å². The van der Waals surface area contributed by atoms with Gasteiger partial charge in [0.1, 0.15) is 12.1 Å². The maximum absolute atomic E-state index is 14.4. The molecule has 0 N–H and O–H groups in total. The van der Waals surface area contributed by atoms with Gasteiger partial charge < -0.3 is 19.6 Å². The van der Waals surface area contributed by atoms with Gasteiger partial charge in [-0.05, 0) is 100 Å². The average molecular weight is 679 g/mol. The summed E-state index contributed by atoms with van der Waals surface area (Å²) in [6.07, 6.45) is 10.2. The van der Waals surface area contributed by atoms with E-state index in [1.54, 1.807) is 4.90 Å². The Morgan fingerprint density at radius 2 is 1.50 bits per heavy atom. The molecule has 1 spiro atoms. The number of aromatic nitrogens is 2. The molecule has 9 nitrogen and oxygen atoms in total. The summed E-state index contributed by atoms with van der Waals surface area (Å²) in [7, 11) is 0. The van der Waals surface area contributed by atoms with Crippen molar-refractivity contribution in [1.82, 2.24) is 24.5 Å². The molecular formula is C41H54N6O3. The summed E-state index contributed by atoms with van der Waals surface area (Å²) in [5.74, 6) is 1.00. The van der Waals surface area contributed by atoms with E-state index in [-0.39, 0.29) is 24.3 Å². The molecule has 4 fully saturated rings. The van der Waals surface area contributed by atoms with Gasteiger partial charge >= 0.3 is 0 Å². The van der Waals surface area contributed by atoms with E-state index in [1.165, 1.54) is 54.6 Å². The van der Waals surface area contributed by atoms with Gasteiger partial charge in [0.25, 0.3) is 11.8 Å². The largest absolute Gasteiger partial charge is 0.341 e. The van der Waals surface area contributed by atoms with Crippen LogP contribution in [0.1, 0.15) is 116 Å². The van der Waals surface area contributed by atoms with Gasteiger partial charge in [-0.15, -0.1) is 0 Å². The zero-order valence-electron chi connectivity index (χ0n) is 30.3. The normalized spacial score (nSPS) is 20.3. The Balaban J connectivity index is 1.00. The van der Waals surface area contributed by atoms with Crippen molar-refractivity contribution in [2.45, 2.75) is 109 Å². The summed E-state index contributed by atoms with van der Waals surface area (Å²) in [5, 5.41) is 4.96. The van der Waals surface area contributed by atoms with Crippen LogP contribution in [0.4, 0.5) is 5.69 Å². The molecule has 1 aromatic heterocycles. The smallest absolute Gasteiger partial charge is 0.253 e. The molecule has 4 heterocycles. The van der Waals surface area contributed by atoms with Crippen molar-refractivity contribution in [2.24, 2.45) is 0 Å². The Morgan fingerprint density at radius 3 is 2.12 bits per heavy atom. The monoisotopic (exact) mass is 678 g/mol. The zero-order valence-corrected chi connectivity index (χ0v) is 30.3. The second kappa shape index (κ2) is 14.6. The lowest BCUT2D eigenvalue weighted by Gasteiger charge is -2.43. The molecular weight excluding hydrogens is 624 g/mol. The van der Waals surface area contributed by atoms with Crippen molar-refractivity contribution >= 4 is 23.4 Å². The lowest BCUT2D eigenvalue weighted by Crippen LogP contribution is -2.57. The Labute approximate surface area is 297 Å². The van der Waals surface area contributed by atoms with Crippen LogP contribution < -0.4 is 4.90 Å². The third-order valence-corrected chi connectivity index (χ3v) is 12.2. The summed E-state index contributed by atoms with van der Waals surface area (Å²) >= 11 is 0.